The molecule has 0 saturated heterocycles. The van der Waals surface area contributed by atoms with Crippen molar-refractivity contribution in [2.75, 3.05) is 33.5 Å². The predicted octanol–water partition coefficient (Wildman–Crippen LogP) is 2.32. The van der Waals surface area contributed by atoms with Crippen LogP contribution in [0.2, 0.25) is 0 Å². The number of fused-ring (bicyclic) bond motifs is 1. The maximum Gasteiger partial charge on any atom is 0.231 e. The van der Waals surface area contributed by atoms with Crippen LogP contribution in [0.25, 0.3) is 0 Å². The van der Waals surface area contributed by atoms with Crippen molar-refractivity contribution in [2.45, 2.75) is 19.4 Å². The zero-order chi connectivity index (χ0) is 18.0. The molecule has 1 aromatic carbocycles. The van der Waals surface area contributed by atoms with Crippen LogP contribution < -0.4 is 20.1 Å². The van der Waals surface area contributed by atoms with E-state index in [2.05, 4.69) is 21.7 Å². The highest BCUT2D eigenvalue weighted by molar-refractivity contribution is 5.79. The van der Waals surface area contributed by atoms with Crippen molar-refractivity contribution in [1.29, 1.82) is 0 Å². The zero-order valence-electron chi connectivity index (χ0n) is 15.0. The van der Waals surface area contributed by atoms with Crippen molar-refractivity contribution < 1.29 is 18.6 Å². The molecule has 0 saturated carbocycles. The van der Waals surface area contributed by atoms with E-state index >= 15 is 0 Å². The Labute approximate surface area is 153 Å². The molecule has 7 nitrogen and oxygen atoms in total. The van der Waals surface area contributed by atoms with Gasteiger partial charge in [0.15, 0.2) is 17.5 Å². The van der Waals surface area contributed by atoms with Crippen LogP contribution in [0.15, 0.2) is 46.0 Å². The van der Waals surface area contributed by atoms with Gasteiger partial charge in [-0.3, -0.25) is 4.99 Å². The lowest BCUT2D eigenvalue weighted by atomic mass is 10.1. The average Bonchev–Trinajstić information content (AvgIpc) is 3.34. The Bertz CT molecular complexity index is 701. The number of nitrogens with zero attached hydrogens (tertiary/aromatic N) is 1. The molecule has 1 aliphatic heterocycles. The first-order valence-corrected chi connectivity index (χ1v) is 8.78. The number of benzene rings is 1. The SMILES string of the molecule is CN=C(NCCCOCc1ccco1)NCCc1ccc2c(c1)OCO2. The first-order chi connectivity index (χ1) is 12.8. The number of furan rings is 1. The van der Waals surface area contributed by atoms with E-state index < -0.39 is 0 Å². The zero-order valence-corrected chi connectivity index (χ0v) is 15.0. The van der Waals surface area contributed by atoms with Gasteiger partial charge in [0.2, 0.25) is 6.79 Å². The number of hydrogen-bond donors (Lipinski definition) is 2. The van der Waals surface area contributed by atoms with Gasteiger partial charge in [0.1, 0.15) is 12.4 Å². The van der Waals surface area contributed by atoms with E-state index in [-0.39, 0.29) is 0 Å². The van der Waals surface area contributed by atoms with Gasteiger partial charge < -0.3 is 29.3 Å². The summed E-state index contributed by atoms with van der Waals surface area (Å²) in [4.78, 5) is 4.23. The smallest absolute Gasteiger partial charge is 0.231 e. The van der Waals surface area contributed by atoms with Gasteiger partial charge in [-0.2, -0.15) is 0 Å². The van der Waals surface area contributed by atoms with Gasteiger partial charge in [-0.1, -0.05) is 6.07 Å². The number of nitrogens with one attached hydrogen (secondary N) is 2. The molecule has 140 valence electrons. The van der Waals surface area contributed by atoms with Crippen LogP contribution in [-0.4, -0.2) is 39.5 Å². The molecular formula is C19H25N3O4. The van der Waals surface area contributed by atoms with Gasteiger partial charge >= 0.3 is 0 Å². The highest BCUT2D eigenvalue weighted by Crippen LogP contribution is 2.32. The van der Waals surface area contributed by atoms with E-state index in [1.807, 2.05) is 24.3 Å². The minimum absolute atomic E-state index is 0.304. The number of ether oxygens (including phenoxy) is 3. The molecule has 0 radical (unpaired) electrons. The lowest BCUT2D eigenvalue weighted by Gasteiger charge is -2.12. The second-order valence-electron chi connectivity index (χ2n) is 5.85. The molecule has 1 aromatic heterocycles. The minimum Gasteiger partial charge on any atom is -0.467 e. The predicted molar refractivity (Wildman–Crippen MR) is 98.6 cm³/mol. The van der Waals surface area contributed by atoms with Gasteiger partial charge in [0, 0.05) is 26.7 Å². The maximum atomic E-state index is 5.55. The van der Waals surface area contributed by atoms with E-state index in [4.69, 9.17) is 18.6 Å². The first kappa shape index (κ1) is 18.1. The summed E-state index contributed by atoms with van der Waals surface area (Å²) >= 11 is 0. The summed E-state index contributed by atoms with van der Waals surface area (Å²) in [5.74, 6) is 3.27. The lowest BCUT2D eigenvalue weighted by Crippen LogP contribution is -2.39. The molecule has 0 atom stereocenters. The molecule has 0 fully saturated rings. The molecular weight excluding hydrogens is 334 g/mol. The third-order valence-corrected chi connectivity index (χ3v) is 3.95. The van der Waals surface area contributed by atoms with Gasteiger partial charge in [-0.25, -0.2) is 0 Å². The highest BCUT2D eigenvalue weighted by Gasteiger charge is 2.12. The van der Waals surface area contributed by atoms with Crippen molar-refractivity contribution in [3.05, 3.63) is 47.9 Å². The Hall–Kier alpha value is -2.67. The minimum atomic E-state index is 0.304. The maximum absolute atomic E-state index is 5.55. The number of guanidine groups is 1. The fourth-order valence-corrected chi connectivity index (χ4v) is 2.59. The van der Waals surface area contributed by atoms with Gasteiger partial charge in [-0.05, 0) is 42.7 Å². The second kappa shape index (κ2) is 9.72. The summed E-state index contributed by atoms with van der Waals surface area (Å²) < 4.78 is 21.5. The number of hydrogen-bond acceptors (Lipinski definition) is 5. The van der Waals surface area contributed by atoms with E-state index in [1.54, 1.807) is 13.3 Å². The monoisotopic (exact) mass is 359 g/mol. The Kier molecular flexibility index (Phi) is 6.78. The van der Waals surface area contributed by atoms with E-state index in [0.717, 1.165) is 49.1 Å². The molecule has 3 rings (SSSR count). The van der Waals surface area contributed by atoms with Crippen LogP contribution >= 0.6 is 0 Å². The van der Waals surface area contributed by atoms with Crippen molar-refractivity contribution in [3.8, 4) is 11.5 Å². The Morgan fingerprint density at radius 2 is 2.04 bits per heavy atom. The summed E-state index contributed by atoms with van der Waals surface area (Å²) in [6.45, 7) is 3.06. The van der Waals surface area contributed by atoms with Crippen molar-refractivity contribution >= 4 is 5.96 Å². The summed E-state index contributed by atoms with van der Waals surface area (Å²) in [5, 5.41) is 6.59. The van der Waals surface area contributed by atoms with Crippen LogP contribution in [0.3, 0.4) is 0 Å². The molecule has 0 bridgehead atoms. The fraction of sp³-hybridized carbons (Fsp3) is 0.421. The molecule has 0 aliphatic carbocycles. The van der Waals surface area contributed by atoms with E-state index in [1.165, 1.54) is 5.56 Å². The Morgan fingerprint density at radius 3 is 2.88 bits per heavy atom. The van der Waals surface area contributed by atoms with Gasteiger partial charge in [-0.15, -0.1) is 0 Å². The van der Waals surface area contributed by atoms with E-state index in [0.29, 0.717) is 20.0 Å². The van der Waals surface area contributed by atoms with Gasteiger partial charge in [0.05, 0.1) is 6.26 Å². The first-order valence-electron chi connectivity index (χ1n) is 8.78. The lowest BCUT2D eigenvalue weighted by molar-refractivity contribution is 0.105. The molecule has 1 aliphatic rings. The van der Waals surface area contributed by atoms with Gasteiger partial charge in [0.25, 0.3) is 0 Å². The van der Waals surface area contributed by atoms with Crippen molar-refractivity contribution in [2.24, 2.45) is 4.99 Å². The normalized spacial score (nSPS) is 13.0. The molecule has 7 heteroatoms. The molecule has 0 spiro atoms. The fourth-order valence-electron chi connectivity index (χ4n) is 2.59. The number of rotatable bonds is 9. The molecule has 26 heavy (non-hydrogen) atoms. The van der Waals surface area contributed by atoms with E-state index in [9.17, 15) is 0 Å². The van der Waals surface area contributed by atoms with Crippen LogP contribution in [0.5, 0.6) is 11.5 Å². The summed E-state index contributed by atoms with van der Waals surface area (Å²) in [6, 6.07) is 9.80. The molecule has 0 amide bonds. The average molecular weight is 359 g/mol. The second-order valence-corrected chi connectivity index (χ2v) is 5.85. The largest absolute Gasteiger partial charge is 0.467 e. The standard InChI is InChI=1S/C19H25N3O4/c1-20-19(21-8-3-10-23-13-16-4-2-11-24-16)22-9-7-15-5-6-17-18(12-15)26-14-25-17/h2,4-6,11-12H,3,7-10,13-14H2,1H3,(H2,20,21,22). The third-order valence-electron chi connectivity index (χ3n) is 3.95. The molecule has 2 N–H and O–H groups in total. The molecule has 2 aromatic rings. The van der Waals surface area contributed by atoms with Crippen LogP contribution in [0.1, 0.15) is 17.7 Å². The van der Waals surface area contributed by atoms with Crippen LogP contribution in [0.4, 0.5) is 0 Å². The molecule has 2 heterocycles. The van der Waals surface area contributed by atoms with Crippen molar-refractivity contribution in [1.82, 2.24) is 10.6 Å². The quantitative estimate of drug-likeness (QED) is 0.406. The van der Waals surface area contributed by atoms with Crippen LogP contribution in [0, 0.1) is 0 Å². The Morgan fingerprint density at radius 1 is 1.15 bits per heavy atom. The number of aliphatic imine (C=N–C) groups is 1. The van der Waals surface area contributed by atoms with Crippen molar-refractivity contribution in [3.63, 3.8) is 0 Å². The summed E-state index contributed by atoms with van der Waals surface area (Å²) in [6.07, 6.45) is 3.42. The third kappa shape index (κ3) is 5.42. The Balaban J connectivity index is 1.27. The summed E-state index contributed by atoms with van der Waals surface area (Å²) in [7, 11) is 1.77. The van der Waals surface area contributed by atoms with Crippen LogP contribution in [-0.2, 0) is 17.8 Å². The molecule has 0 unspecified atom stereocenters. The topological polar surface area (TPSA) is 77.3 Å². The summed E-state index contributed by atoms with van der Waals surface area (Å²) in [5.41, 5.74) is 1.20. The highest BCUT2D eigenvalue weighted by atomic mass is 16.7.